The van der Waals surface area contributed by atoms with E-state index in [2.05, 4.69) is 48.5 Å². The van der Waals surface area contributed by atoms with Crippen molar-refractivity contribution < 1.29 is 80.2 Å². The van der Waals surface area contributed by atoms with Crippen LogP contribution in [0.2, 0.25) is 0 Å². The van der Waals surface area contributed by atoms with Gasteiger partial charge in [0.25, 0.3) is 0 Å². The van der Waals surface area contributed by atoms with E-state index in [-0.39, 0.29) is 25.7 Å². The number of phosphoric ester groups is 2. The molecule has 19 heteroatoms. The summed E-state index contributed by atoms with van der Waals surface area (Å²) in [7, 11) is -9.88. The number of esters is 4. The van der Waals surface area contributed by atoms with Gasteiger partial charge in [-0.2, -0.15) is 0 Å². The summed E-state index contributed by atoms with van der Waals surface area (Å²) >= 11 is 0. The van der Waals surface area contributed by atoms with Crippen LogP contribution in [-0.2, 0) is 65.4 Å². The number of aliphatic hydroxyl groups excluding tert-OH is 1. The Morgan fingerprint density at radius 1 is 0.346 bits per heavy atom. The second-order valence-corrected chi connectivity index (χ2v) is 26.1. The molecule has 480 valence electrons. The van der Waals surface area contributed by atoms with Gasteiger partial charge < -0.3 is 33.8 Å². The first-order chi connectivity index (χ1) is 38.8. The highest BCUT2D eigenvalue weighted by Gasteiger charge is 2.30. The fourth-order valence-electron chi connectivity index (χ4n) is 9.03. The molecular formula is C62H120O17P2. The molecule has 0 bridgehead atoms. The van der Waals surface area contributed by atoms with Crippen molar-refractivity contribution in [2.75, 3.05) is 39.6 Å². The Kier molecular flexibility index (Phi) is 52.2. The van der Waals surface area contributed by atoms with Crippen LogP contribution in [0, 0.1) is 17.8 Å². The highest BCUT2D eigenvalue weighted by Crippen LogP contribution is 2.45. The van der Waals surface area contributed by atoms with Gasteiger partial charge in [-0.25, -0.2) is 9.13 Å². The average Bonchev–Trinajstić information content (AvgIpc) is 3.44. The lowest BCUT2D eigenvalue weighted by atomic mass is 9.99. The van der Waals surface area contributed by atoms with Gasteiger partial charge in [-0.05, 0) is 43.4 Å². The summed E-state index contributed by atoms with van der Waals surface area (Å²) in [6.45, 7) is 11.7. The molecule has 0 aliphatic carbocycles. The van der Waals surface area contributed by atoms with E-state index in [9.17, 15) is 43.2 Å². The third kappa shape index (κ3) is 53.3. The minimum absolute atomic E-state index is 0.102. The number of ether oxygens (including phenoxy) is 4. The van der Waals surface area contributed by atoms with E-state index in [1.54, 1.807) is 0 Å². The molecule has 0 heterocycles. The maximum absolute atomic E-state index is 13.0. The Morgan fingerprint density at radius 2 is 0.593 bits per heavy atom. The van der Waals surface area contributed by atoms with E-state index in [1.165, 1.54) is 103 Å². The first-order valence-corrected chi connectivity index (χ1v) is 35.5. The fraction of sp³-hybridized carbons (Fsp3) is 0.935. The molecular weight excluding hydrogens is 1080 g/mol. The third-order valence-electron chi connectivity index (χ3n) is 15.2. The minimum atomic E-state index is -4.94. The summed E-state index contributed by atoms with van der Waals surface area (Å²) in [5, 5.41) is 10.5. The van der Waals surface area contributed by atoms with Crippen LogP contribution < -0.4 is 0 Å². The van der Waals surface area contributed by atoms with E-state index < -0.39 is 97.5 Å². The topological polar surface area (TPSA) is 237 Å². The molecule has 5 unspecified atom stereocenters. The largest absolute Gasteiger partial charge is 0.472 e. The molecule has 0 rings (SSSR count). The number of hydrogen-bond acceptors (Lipinski definition) is 15. The summed E-state index contributed by atoms with van der Waals surface area (Å²) in [6.07, 6.45) is 33.5. The molecule has 81 heavy (non-hydrogen) atoms. The molecule has 0 amide bonds. The summed E-state index contributed by atoms with van der Waals surface area (Å²) in [6, 6.07) is 0. The molecule has 17 nitrogen and oxygen atoms in total. The number of unbranched alkanes of at least 4 members (excludes halogenated alkanes) is 25. The predicted octanol–water partition coefficient (Wildman–Crippen LogP) is 16.7. The lowest BCUT2D eigenvalue weighted by Crippen LogP contribution is -2.30. The number of aliphatic hydroxyl groups is 1. The highest BCUT2D eigenvalue weighted by atomic mass is 31.2. The average molecular weight is 1200 g/mol. The number of carbonyl (C=O) groups excluding carboxylic acids is 4. The van der Waals surface area contributed by atoms with E-state index in [1.807, 2.05) is 0 Å². The summed E-state index contributed by atoms with van der Waals surface area (Å²) < 4.78 is 67.9. The Labute approximate surface area is 492 Å². The van der Waals surface area contributed by atoms with Crippen LogP contribution in [0.5, 0.6) is 0 Å². The van der Waals surface area contributed by atoms with Gasteiger partial charge >= 0.3 is 39.5 Å². The maximum atomic E-state index is 13.0. The van der Waals surface area contributed by atoms with E-state index in [0.29, 0.717) is 25.7 Å². The molecule has 0 saturated carbocycles. The molecule has 0 fully saturated rings. The van der Waals surface area contributed by atoms with Crippen molar-refractivity contribution in [2.45, 2.75) is 317 Å². The van der Waals surface area contributed by atoms with Gasteiger partial charge in [-0.15, -0.1) is 0 Å². The normalized spacial score (nSPS) is 15.4. The van der Waals surface area contributed by atoms with Crippen LogP contribution in [0.3, 0.4) is 0 Å². The monoisotopic (exact) mass is 1200 g/mol. The predicted molar refractivity (Wildman–Crippen MR) is 321 cm³/mol. The van der Waals surface area contributed by atoms with Crippen molar-refractivity contribution in [3.8, 4) is 0 Å². The first kappa shape index (κ1) is 79.1. The summed E-state index contributed by atoms with van der Waals surface area (Å²) in [5.74, 6) is 0.0767. The standard InChI is InChI=1S/C62H120O17P2/c1-8-12-13-14-15-16-20-29-36-43-59(64)72-49-58(79-62(67)46-39-32-25-23-28-35-42-55(7)11-4)52-77-81(70,71)75-48-56(63)47-74-80(68,69)76-51-57(50-73-60(65)44-37-30-24-22-27-34-41-54(6)10-3)78-61(66)45-38-31-21-18-17-19-26-33-40-53(5)9-2/h53-58,63H,8-52H2,1-7H3,(H,68,69)(H,70,71)/t53?,54?,55?,56-,57-,58-/m1/s1. The fourth-order valence-corrected chi connectivity index (χ4v) is 10.6. The van der Waals surface area contributed by atoms with Crippen LogP contribution in [-0.4, -0.2) is 96.7 Å². The second-order valence-electron chi connectivity index (χ2n) is 23.2. The van der Waals surface area contributed by atoms with Crippen molar-refractivity contribution in [1.82, 2.24) is 0 Å². The molecule has 3 N–H and O–H groups in total. The van der Waals surface area contributed by atoms with Crippen LogP contribution in [0.4, 0.5) is 0 Å². The van der Waals surface area contributed by atoms with Crippen molar-refractivity contribution in [3.63, 3.8) is 0 Å². The Morgan fingerprint density at radius 3 is 0.877 bits per heavy atom. The van der Waals surface area contributed by atoms with Crippen LogP contribution in [0.15, 0.2) is 0 Å². The van der Waals surface area contributed by atoms with Crippen LogP contribution >= 0.6 is 15.6 Å². The van der Waals surface area contributed by atoms with Crippen molar-refractivity contribution in [2.24, 2.45) is 17.8 Å². The van der Waals surface area contributed by atoms with Gasteiger partial charge in [0, 0.05) is 25.7 Å². The van der Waals surface area contributed by atoms with Crippen LogP contribution in [0.1, 0.15) is 299 Å². The van der Waals surface area contributed by atoms with Crippen molar-refractivity contribution in [1.29, 1.82) is 0 Å². The molecule has 0 saturated heterocycles. The zero-order valence-electron chi connectivity index (χ0n) is 52.2. The maximum Gasteiger partial charge on any atom is 0.472 e. The summed E-state index contributed by atoms with van der Waals surface area (Å²) in [4.78, 5) is 72.1. The van der Waals surface area contributed by atoms with Gasteiger partial charge in [0.15, 0.2) is 12.2 Å². The molecule has 0 aromatic rings. The smallest absolute Gasteiger partial charge is 0.462 e. The van der Waals surface area contributed by atoms with Gasteiger partial charge in [0.05, 0.1) is 26.4 Å². The number of phosphoric acid groups is 2. The zero-order valence-corrected chi connectivity index (χ0v) is 54.0. The van der Waals surface area contributed by atoms with Gasteiger partial charge in [0.2, 0.25) is 0 Å². The van der Waals surface area contributed by atoms with E-state index in [4.69, 9.17) is 37.0 Å². The molecule has 0 radical (unpaired) electrons. The lowest BCUT2D eigenvalue weighted by Gasteiger charge is -2.21. The Bertz CT molecular complexity index is 1620. The van der Waals surface area contributed by atoms with Gasteiger partial charge in [-0.1, -0.05) is 248 Å². The quantitative estimate of drug-likeness (QED) is 0.0222. The van der Waals surface area contributed by atoms with E-state index in [0.717, 1.165) is 114 Å². The third-order valence-corrected chi connectivity index (χ3v) is 17.1. The molecule has 8 atom stereocenters. The SMILES string of the molecule is CCCCCCCCCCCC(=O)OC[C@H](COP(=O)(O)OC[C@H](O)COP(=O)(O)OC[C@@H](COC(=O)CCCCCCCCC(C)CC)OC(=O)CCCCCCCCCCC(C)CC)OC(=O)CCCCCCCCC(C)CC. The first-order valence-electron chi connectivity index (χ1n) is 32.5. The number of rotatable bonds is 60. The van der Waals surface area contributed by atoms with Crippen LogP contribution in [0.25, 0.3) is 0 Å². The molecule has 0 spiro atoms. The molecule has 0 aromatic carbocycles. The van der Waals surface area contributed by atoms with Gasteiger partial charge in [0.1, 0.15) is 19.3 Å². The van der Waals surface area contributed by atoms with E-state index >= 15 is 0 Å². The van der Waals surface area contributed by atoms with Gasteiger partial charge in [-0.3, -0.25) is 37.3 Å². The number of hydrogen-bond donors (Lipinski definition) is 3. The van der Waals surface area contributed by atoms with Crippen molar-refractivity contribution >= 4 is 39.5 Å². The number of carbonyl (C=O) groups is 4. The lowest BCUT2D eigenvalue weighted by molar-refractivity contribution is -0.161. The Balaban J connectivity index is 5.26. The second kappa shape index (κ2) is 53.5. The minimum Gasteiger partial charge on any atom is -0.462 e. The molecule has 0 aromatic heterocycles. The molecule has 0 aliphatic heterocycles. The molecule has 0 aliphatic rings. The summed E-state index contributed by atoms with van der Waals surface area (Å²) in [5.41, 5.74) is 0. The highest BCUT2D eigenvalue weighted by molar-refractivity contribution is 7.47. The zero-order chi connectivity index (χ0) is 60.3. The Hall–Kier alpha value is -1.94. The van der Waals surface area contributed by atoms with Crippen molar-refractivity contribution in [3.05, 3.63) is 0 Å².